The highest BCUT2D eigenvalue weighted by Gasteiger charge is 2.24. The quantitative estimate of drug-likeness (QED) is 0.598. The topological polar surface area (TPSA) is 90.1 Å². The van der Waals surface area contributed by atoms with Crippen molar-refractivity contribution in [3.8, 4) is 11.3 Å². The monoisotopic (exact) mass is 434 g/mol. The van der Waals surface area contributed by atoms with Gasteiger partial charge in [0.1, 0.15) is 17.3 Å². The van der Waals surface area contributed by atoms with E-state index >= 15 is 0 Å². The van der Waals surface area contributed by atoms with Gasteiger partial charge in [0.2, 0.25) is 0 Å². The Bertz CT molecular complexity index is 1080. The van der Waals surface area contributed by atoms with Crippen molar-refractivity contribution in [3.05, 3.63) is 77.4 Å². The molecule has 1 saturated carbocycles. The van der Waals surface area contributed by atoms with E-state index in [0.29, 0.717) is 23.9 Å². The fourth-order valence-electron chi connectivity index (χ4n) is 4.14. The molecule has 0 saturated heterocycles. The highest BCUT2D eigenvalue weighted by atomic mass is 19.1. The molecule has 0 atom stereocenters. The minimum Gasteiger partial charge on any atom is -0.382 e. The summed E-state index contributed by atoms with van der Waals surface area (Å²) in [5, 5.41) is 2.75. The number of nitrogen functional groups attached to an aromatic ring is 1. The van der Waals surface area contributed by atoms with Gasteiger partial charge in [0, 0.05) is 25.1 Å². The predicted molar refractivity (Wildman–Crippen MR) is 121 cm³/mol. The molecular formula is C25H27FN4O2. The van der Waals surface area contributed by atoms with Gasteiger partial charge in [0.05, 0.1) is 23.6 Å². The fourth-order valence-corrected chi connectivity index (χ4v) is 4.14. The first-order chi connectivity index (χ1) is 15.5. The van der Waals surface area contributed by atoms with E-state index in [0.717, 1.165) is 36.9 Å². The van der Waals surface area contributed by atoms with E-state index < -0.39 is 11.7 Å². The van der Waals surface area contributed by atoms with Gasteiger partial charge in [-0.15, -0.1) is 0 Å². The van der Waals surface area contributed by atoms with E-state index in [2.05, 4.69) is 10.3 Å². The van der Waals surface area contributed by atoms with Gasteiger partial charge in [-0.25, -0.2) is 14.4 Å². The van der Waals surface area contributed by atoms with Crippen LogP contribution in [0.1, 0.15) is 53.2 Å². The minimum atomic E-state index is -0.625. The summed E-state index contributed by atoms with van der Waals surface area (Å²) >= 11 is 0. The fraction of sp³-hybridized carbons (Fsp3) is 0.320. The first-order valence-electron chi connectivity index (χ1n) is 10.8. The van der Waals surface area contributed by atoms with Gasteiger partial charge < -0.3 is 15.8 Å². The average Bonchev–Trinajstić information content (AvgIpc) is 2.83. The van der Waals surface area contributed by atoms with Crippen LogP contribution < -0.4 is 11.1 Å². The molecule has 1 heterocycles. The van der Waals surface area contributed by atoms with Crippen LogP contribution in [0.4, 0.5) is 10.2 Å². The number of halogens is 1. The number of nitrogens with one attached hydrogen (secondary N) is 1. The van der Waals surface area contributed by atoms with Gasteiger partial charge in [-0.1, -0.05) is 36.4 Å². The summed E-state index contributed by atoms with van der Waals surface area (Å²) in [6.07, 6.45) is 5.88. The van der Waals surface area contributed by atoms with E-state index in [1.807, 2.05) is 30.3 Å². The number of carbonyl (C=O) groups excluding carboxylic acids is 1. The van der Waals surface area contributed by atoms with Crippen LogP contribution in [0.15, 0.2) is 54.7 Å². The second-order valence-electron chi connectivity index (χ2n) is 8.10. The van der Waals surface area contributed by atoms with Crippen molar-refractivity contribution < 1.29 is 13.9 Å². The van der Waals surface area contributed by atoms with Gasteiger partial charge in [-0.3, -0.25) is 4.79 Å². The Hall–Kier alpha value is -3.32. The van der Waals surface area contributed by atoms with Crippen LogP contribution in [0.25, 0.3) is 11.3 Å². The standard InChI is InChI=1S/C25H27FN4O2/c1-32-19-10-7-17(8-11-19)22-15-28-24(27)23(30-22)18-9-12-20(21(26)13-18)25(31)29-14-16-5-3-2-4-6-16/h2-6,9,12-13,15,17,19H,7-8,10-11,14H2,1H3,(H2,27,28)(H,29,31). The smallest absolute Gasteiger partial charge is 0.254 e. The number of nitrogens with two attached hydrogens (primary N) is 1. The number of benzene rings is 2. The maximum Gasteiger partial charge on any atom is 0.254 e. The molecule has 0 aliphatic heterocycles. The number of hydrogen-bond acceptors (Lipinski definition) is 5. The Morgan fingerprint density at radius 2 is 1.91 bits per heavy atom. The number of ether oxygens (including phenoxy) is 1. The summed E-state index contributed by atoms with van der Waals surface area (Å²) in [4.78, 5) is 21.5. The second-order valence-corrected chi connectivity index (χ2v) is 8.10. The number of amides is 1. The zero-order valence-corrected chi connectivity index (χ0v) is 18.1. The molecule has 1 aliphatic rings. The molecule has 6 nitrogen and oxygen atoms in total. The molecule has 1 aliphatic carbocycles. The normalized spacial score (nSPS) is 18.3. The van der Waals surface area contributed by atoms with Crippen molar-refractivity contribution in [3.63, 3.8) is 0 Å². The van der Waals surface area contributed by atoms with E-state index in [-0.39, 0.29) is 17.3 Å². The lowest BCUT2D eigenvalue weighted by Gasteiger charge is -2.27. The number of nitrogens with zero attached hydrogens (tertiary/aromatic N) is 2. The number of hydrogen-bond donors (Lipinski definition) is 2. The van der Waals surface area contributed by atoms with Crippen LogP contribution in [0, 0.1) is 5.82 Å². The Morgan fingerprint density at radius 3 is 2.59 bits per heavy atom. The van der Waals surface area contributed by atoms with Crippen molar-refractivity contribution in [2.45, 2.75) is 44.2 Å². The first kappa shape index (κ1) is 21.9. The highest BCUT2D eigenvalue weighted by Crippen LogP contribution is 2.34. The van der Waals surface area contributed by atoms with Crippen molar-refractivity contribution in [2.24, 2.45) is 0 Å². The molecule has 0 spiro atoms. The summed E-state index contributed by atoms with van der Waals surface area (Å²) in [5.74, 6) is -0.581. The lowest BCUT2D eigenvalue weighted by atomic mass is 9.85. The zero-order valence-electron chi connectivity index (χ0n) is 18.1. The molecule has 0 bridgehead atoms. The molecule has 1 amide bonds. The molecule has 2 aromatic carbocycles. The molecule has 3 aromatic rings. The van der Waals surface area contributed by atoms with Crippen molar-refractivity contribution in [1.82, 2.24) is 15.3 Å². The number of aromatic nitrogens is 2. The molecule has 7 heteroatoms. The van der Waals surface area contributed by atoms with Crippen molar-refractivity contribution >= 4 is 11.7 Å². The molecular weight excluding hydrogens is 407 g/mol. The predicted octanol–water partition coefficient (Wildman–Crippen LogP) is 4.47. The Labute approximate surface area is 187 Å². The third-order valence-electron chi connectivity index (χ3n) is 6.03. The van der Waals surface area contributed by atoms with Gasteiger partial charge in [-0.2, -0.15) is 0 Å². The van der Waals surface area contributed by atoms with Gasteiger partial charge in [-0.05, 0) is 43.4 Å². The van der Waals surface area contributed by atoms with Crippen LogP contribution in [0.3, 0.4) is 0 Å². The maximum atomic E-state index is 14.8. The Balaban J connectivity index is 1.50. The molecule has 0 unspecified atom stereocenters. The van der Waals surface area contributed by atoms with Gasteiger partial charge in [0.15, 0.2) is 0 Å². The first-order valence-corrected chi connectivity index (χ1v) is 10.8. The summed E-state index contributed by atoms with van der Waals surface area (Å²) in [6, 6.07) is 13.9. The van der Waals surface area contributed by atoms with Crippen LogP contribution >= 0.6 is 0 Å². The van der Waals surface area contributed by atoms with Crippen molar-refractivity contribution in [1.29, 1.82) is 0 Å². The SMILES string of the molecule is COC1CCC(c2cnc(N)c(-c3ccc(C(=O)NCc4ccccc4)c(F)c3)n2)CC1. The van der Waals surface area contributed by atoms with Crippen LogP contribution in [0.5, 0.6) is 0 Å². The largest absolute Gasteiger partial charge is 0.382 e. The van der Waals surface area contributed by atoms with Crippen LogP contribution in [-0.2, 0) is 11.3 Å². The molecule has 1 fully saturated rings. The summed E-state index contributed by atoms with van der Waals surface area (Å²) < 4.78 is 20.3. The Morgan fingerprint density at radius 1 is 1.16 bits per heavy atom. The minimum absolute atomic E-state index is 0.0229. The molecule has 4 rings (SSSR count). The average molecular weight is 435 g/mol. The number of methoxy groups -OCH3 is 1. The van der Waals surface area contributed by atoms with E-state index in [4.69, 9.17) is 15.5 Å². The lowest BCUT2D eigenvalue weighted by Crippen LogP contribution is -2.23. The second kappa shape index (κ2) is 9.87. The Kier molecular flexibility index (Phi) is 6.75. The van der Waals surface area contributed by atoms with Crippen molar-refractivity contribution in [2.75, 3.05) is 12.8 Å². The van der Waals surface area contributed by atoms with Gasteiger partial charge >= 0.3 is 0 Å². The molecule has 166 valence electrons. The van der Waals surface area contributed by atoms with Crippen LogP contribution in [0.2, 0.25) is 0 Å². The number of carbonyl (C=O) groups is 1. The van der Waals surface area contributed by atoms with Gasteiger partial charge in [0.25, 0.3) is 5.91 Å². The summed E-state index contributed by atoms with van der Waals surface area (Å²) in [7, 11) is 1.74. The molecule has 1 aromatic heterocycles. The van der Waals surface area contributed by atoms with E-state index in [1.165, 1.54) is 12.1 Å². The van der Waals surface area contributed by atoms with Crippen LogP contribution in [-0.4, -0.2) is 29.1 Å². The number of rotatable bonds is 6. The maximum absolute atomic E-state index is 14.8. The third kappa shape index (κ3) is 4.94. The summed E-state index contributed by atoms with van der Waals surface area (Å²) in [6.45, 7) is 0.326. The van der Waals surface area contributed by atoms with E-state index in [1.54, 1.807) is 19.4 Å². The zero-order chi connectivity index (χ0) is 22.5. The summed E-state index contributed by atoms with van der Waals surface area (Å²) in [5.41, 5.74) is 8.77. The molecule has 0 radical (unpaired) electrons. The molecule has 32 heavy (non-hydrogen) atoms. The molecule has 3 N–H and O–H groups in total. The number of anilines is 1. The lowest BCUT2D eigenvalue weighted by molar-refractivity contribution is 0.0655. The highest BCUT2D eigenvalue weighted by molar-refractivity contribution is 5.95. The third-order valence-corrected chi connectivity index (χ3v) is 6.03. The van der Waals surface area contributed by atoms with E-state index in [9.17, 15) is 9.18 Å².